The normalized spacial score (nSPS) is 17.1. The minimum absolute atomic E-state index is 0.103. The Bertz CT molecular complexity index is 1150. The van der Waals surface area contributed by atoms with Crippen LogP contribution in [-0.2, 0) is 14.8 Å². The maximum absolute atomic E-state index is 13.4. The highest BCUT2D eigenvalue weighted by Gasteiger charge is 2.37. The molecule has 0 bridgehead atoms. The van der Waals surface area contributed by atoms with Gasteiger partial charge in [-0.15, -0.1) is 0 Å². The maximum atomic E-state index is 13.4. The second-order valence-electron chi connectivity index (χ2n) is 7.12. The van der Waals surface area contributed by atoms with Gasteiger partial charge in [0.25, 0.3) is 10.0 Å². The van der Waals surface area contributed by atoms with Crippen molar-refractivity contribution in [2.45, 2.75) is 24.2 Å². The molecule has 29 heavy (non-hydrogen) atoms. The van der Waals surface area contributed by atoms with Gasteiger partial charge in [-0.1, -0.05) is 84.4 Å². The van der Waals surface area contributed by atoms with Gasteiger partial charge in [0.15, 0.2) is 0 Å². The largest absolute Gasteiger partial charge is 0.273 e. The van der Waals surface area contributed by atoms with E-state index in [2.05, 4.69) is 0 Å². The van der Waals surface area contributed by atoms with E-state index in [1.165, 1.54) is 0 Å². The zero-order valence-electron chi connectivity index (χ0n) is 16.0. The molecule has 0 unspecified atom stereocenters. The van der Waals surface area contributed by atoms with Crippen LogP contribution in [0.15, 0.2) is 95.9 Å². The average Bonchev–Trinajstić information content (AvgIpc) is 2.74. The Labute approximate surface area is 171 Å². The van der Waals surface area contributed by atoms with Gasteiger partial charge in [0, 0.05) is 12.3 Å². The van der Waals surface area contributed by atoms with Crippen LogP contribution in [0, 0.1) is 6.92 Å². The van der Waals surface area contributed by atoms with Gasteiger partial charge in [-0.05, 0) is 30.2 Å². The number of hydrogen-bond acceptors (Lipinski definition) is 3. The standard InChI is InChI=1S/C24H21NO3S/c1-18-12-14-22(15-13-18)29(27,28)25-23(20-10-6-3-7-11-20)16-21(17-24(25)26)19-8-4-2-5-9-19/h2-16,21H,17H2,1H3/t21-/m0/s1. The van der Waals surface area contributed by atoms with Crippen LogP contribution in [0.1, 0.15) is 29.0 Å². The minimum Gasteiger partial charge on any atom is -0.273 e. The molecular formula is C24H21NO3S. The molecule has 1 atom stereocenters. The summed E-state index contributed by atoms with van der Waals surface area (Å²) in [4.78, 5) is 13.3. The minimum atomic E-state index is -4.02. The van der Waals surface area contributed by atoms with E-state index >= 15 is 0 Å². The maximum Gasteiger partial charge on any atom is 0.270 e. The van der Waals surface area contributed by atoms with E-state index < -0.39 is 15.9 Å². The van der Waals surface area contributed by atoms with Crippen LogP contribution >= 0.6 is 0 Å². The van der Waals surface area contributed by atoms with E-state index in [0.717, 1.165) is 15.4 Å². The highest BCUT2D eigenvalue weighted by atomic mass is 32.2. The molecule has 146 valence electrons. The van der Waals surface area contributed by atoms with Crippen molar-refractivity contribution in [1.82, 2.24) is 4.31 Å². The molecule has 0 radical (unpaired) electrons. The van der Waals surface area contributed by atoms with Crippen LogP contribution in [0.2, 0.25) is 0 Å². The van der Waals surface area contributed by atoms with Crippen molar-refractivity contribution < 1.29 is 13.2 Å². The third-order valence-corrected chi connectivity index (χ3v) is 6.80. The molecule has 0 aliphatic carbocycles. The number of benzene rings is 3. The fourth-order valence-electron chi connectivity index (χ4n) is 3.54. The van der Waals surface area contributed by atoms with Crippen LogP contribution in [0.5, 0.6) is 0 Å². The predicted octanol–water partition coefficient (Wildman–Crippen LogP) is 4.74. The number of hydrogen-bond donors (Lipinski definition) is 0. The monoisotopic (exact) mass is 403 g/mol. The lowest BCUT2D eigenvalue weighted by atomic mass is 9.90. The Balaban J connectivity index is 1.86. The van der Waals surface area contributed by atoms with Gasteiger partial charge < -0.3 is 0 Å². The Morgan fingerprint density at radius 3 is 2.03 bits per heavy atom. The van der Waals surface area contributed by atoms with Crippen molar-refractivity contribution in [2.75, 3.05) is 0 Å². The highest BCUT2D eigenvalue weighted by molar-refractivity contribution is 7.90. The van der Waals surface area contributed by atoms with Crippen molar-refractivity contribution in [1.29, 1.82) is 0 Å². The first kappa shape index (κ1) is 19.2. The molecule has 3 aromatic rings. The Morgan fingerprint density at radius 2 is 1.41 bits per heavy atom. The van der Waals surface area contributed by atoms with E-state index in [-0.39, 0.29) is 17.2 Å². The Hall–Kier alpha value is -3.18. The molecule has 1 heterocycles. The van der Waals surface area contributed by atoms with E-state index in [4.69, 9.17) is 0 Å². The summed E-state index contributed by atoms with van der Waals surface area (Å²) in [6.07, 6.45) is 1.99. The molecule has 0 N–H and O–H groups in total. The summed E-state index contributed by atoms with van der Waals surface area (Å²) >= 11 is 0. The smallest absolute Gasteiger partial charge is 0.270 e. The quantitative estimate of drug-likeness (QED) is 0.632. The number of amides is 1. The van der Waals surface area contributed by atoms with Crippen LogP contribution in [0.4, 0.5) is 0 Å². The first-order valence-corrected chi connectivity index (χ1v) is 10.9. The topological polar surface area (TPSA) is 54.5 Å². The molecule has 3 aromatic carbocycles. The van der Waals surface area contributed by atoms with E-state index in [1.54, 1.807) is 24.3 Å². The molecule has 1 aliphatic heterocycles. The molecule has 0 spiro atoms. The van der Waals surface area contributed by atoms with E-state index in [0.29, 0.717) is 11.3 Å². The highest BCUT2D eigenvalue weighted by Crippen LogP contribution is 2.37. The van der Waals surface area contributed by atoms with Crippen molar-refractivity contribution in [2.24, 2.45) is 0 Å². The van der Waals surface area contributed by atoms with E-state index in [9.17, 15) is 13.2 Å². The fraction of sp³-hybridized carbons (Fsp3) is 0.125. The number of aryl methyl sites for hydroxylation is 1. The summed E-state index contributed by atoms with van der Waals surface area (Å²) in [5.74, 6) is -0.607. The molecule has 0 aromatic heterocycles. The van der Waals surface area contributed by atoms with Gasteiger partial charge in [0.05, 0.1) is 10.6 Å². The molecule has 1 amide bonds. The molecule has 1 aliphatic rings. The number of allylic oxidation sites excluding steroid dienone is 1. The summed E-state index contributed by atoms with van der Waals surface area (Å²) in [5.41, 5.74) is 3.03. The van der Waals surface area contributed by atoms with Crippen LogP contribution in [0.25, 0.3) is 5.70 Å². The molecular weight excluding hydrogens is 382 g/mol. The first-order valence-electron chi connectivity index (χ1n) is 9.44. The van der Waals surface area contributed by atoms with Crippen molar-refractivity contribution in [3.05, 3.63) is 108 Å². The third kappa shape index (κ3) is 3.74. The SMILES string of the molecule is Cc1ccc(S(=O)(=O)N2C(=O)C[C@@H](c3ccccc3)C=C2c2ccccc2)cc1. The Morgan fingerprint density at radius 1 is 0.828 bits per heavy atom. The summed E-state index contributed by atoms with van der Waals surface area (Å²) in [7, 11) is -4.02. The second kappa shape index (κ2) is 7.68. The first-order chi connectivity index (χ1) is 14.0. The number of rotatable bonds is 4. The zero-order valence-corrected chi connectivity index (χ0v) is 16.8. The van der Waals surface area contributed by atoms with Gasteiger partial charge >= 0.3 is 0 Å². The third-order valence-electron chi connectivity index (χ3n) is 5.06. The summed E-state index contributed by atoms with van der Waals surface area (Å²) in [6, 6.07) is 25.4. The summed E-state index contributed by atoms with van der Waals surface area (Å²) in [5, 5.41) is 0. The van der Waals surface area contributed by atoms with Gasteiger partial charge in [-0.2, -0.15) is 0 Å². The van der Waals surface area contributed by atoms with Gasteiger partial charge in [0.1, 0.15) is 0 Å². The molecule has 4 nitrogen and oxygen atoms in total. The molecule has 5 heteroatoms. The fourth-order valence-corrected chi connectivity index (χ4v) is 5.00. The summed E-state index contributed by atoms with van der Waals surface area (Å²) in [6.45, 7) is 1.89. The van der Waals surface area contributed by atoms with Gasteiger partial charge in [0.2, 0.25) is 5.91 Å². The predicted molar refractivity (Wildman–Crippen MR) is 113 cm³/mol. The van der Waals surface area contributed by atoms with Crippen LogP contribution in [-0.4, -0.2) is 18.6 Å². The van der Waals surface area contributed by atoms with Crippen LogP contribution < -0.4 is 0 Å². The molecule has 4 rings (SSSR count). The number of carbonyl (C=O) groups excluding carboxylic acids is 1. The number of carbonyl (C=O) groups is 1. The number of nitrogens with zero attached hydrogens (tertiary/aromatic N) is 1. The lowest BCUT2D eigenvalue weighted by Gasteiger charge is -2.32. The Kier molecular flexibility index (Phi) is 5.07. The molecule has 0 saturated carbocycles. The zero-order chi connectivity index (χ0) is 20.4. The summed E-state index contributed by atoms with van der Waals surface area (Å²) < 4.78 is 27.8. The molecule has 0 saturated heterocycles. The van der Waals surface area contributed by atoms with Crippen molar-refractivity contribution in [3.63, 3.8) is 0 Å². The van der Waals surface area contributed by atoms with E-state index in [1.807, 2.05) is 73.7 Å². The van der Waals surface area contributed by atoms with Gasteiger partial charge in [-0.25, -0.2) is 12.7 Å². The van der Waals surface area contributed by atoms with Gasteiger partial charge in [-0.3, -0.25) is 4.79 Å². The van der Waals surface area contributed by atoms with Crippen molar-refractivity contribution >= 4 is 21.6 Å². The number of sulfonamides is 1. The molecule has 0 fully saturated rings. The second-order valence-corrected chi connectivity index (χ2v) is 8.90. The lowest BCUT2D eigenvalue weighted by Crippen LogP contribution is -2.39. The van der Waals surface area contributed by atoms with Crippen molar-refractivity contribution in [3.8, 4) is 0 Å². The lowest BCUT2D eigenvalue weighted by molar-refractivity contribution is -0.124. The average molecular weight is 404 g/mol. The van der Waals surface area contributed by atoms with Crippen LogP contribution in [0.3, 0.4) is 0 Å².